The van der Waals surface area contributed by atoms with Gasteiger partial charge in [-0.05, 0) is 37.8 Å². The fourth-order valence-electron chi connectivity index (χ4n) is 3.50. The van der Waals surface area contributed by atoms with Gasteiger partial charge in [0.2, 0.25) is 0 Å². The van der Waals surface area contributed by atoms with Crippen LogP contribution in [-0.2, 0) is 14.6 Å². The summed E-state index contributed by atoms with van der Waals surface area (Å²) in [6.45, 7) is 1.80. The van der Waals surface area contributed by atoms with Crippen molar-refractivity contribution >= 4 is 15.7 Å². The predicted octanol–water partition coefficient (Wildman–Crippen LogP) is 0.618. The molecule has 2 aliphatic rings. The third-order valence-electron chi connectivity index (χ3n) is 4.94. The molecule has 0 unspecified atom stereocenters. The lowest BCUT2D eigenvalue weighted by molar-refractivity contribution is -0.124. The Balaban J connectivity index is 1.37. The molecule has 0 saturated carbocycles. The molecule has 0 atom stereocenters. The van der Waals surface area contributed by atoms with Crippen LogP contribution in [0.5, 0.6) is 5.75 Å². The van der Waals surface area contributed by atoms with Crippen LogP contribution in [0.1, 0.15) is 25.7 Å². The zero-order valence-electron chi connectivity index (χ0n) is 14.3. The summed E-state index contributed by atoms with van der Waals surface area (Å²) in [5, 5.41) is 3.02. The number of nitrogens with one attached hydrogen (secondary N) is 1. The summed E-state index contributed by atoms with van der Waals surface area (Å²) in [4.78, 5) is 18.3. The van der Waals surface area contributed by atoms with Crippen molar-refractivity contribution in [1.29, 1.82) is 0 Å². The number of amides is 1. The Morgan fingerprint density at radius 3 is 2.60 bits per heavy atom. The standard InChI is InChI=1S/C17H25N3O4S/c21-17(13-24-16-2-1-7-18-12-16)19-14-3-8-20(9-4-14)15-5-10-25(22,23)11-6-15/h1-2,7,12,14-15H,3-6,8-11,13H2,(H,19,21). The molecule has 2 saturated heterocycles. The number of pyridine rings is 1. The minimum atomic E-state index is -2.81. The van der Waals surface area contributed by atoms with Crippen molar-refractivity contribution in [2.45, 2.75) is 37.8 Å². The monoisotopic (exact) mass is 367 g/mol. The highest BCUT2D eigenvalue weighted by Gasteiger charge is 2.30. The van der Waals surface area contributed by atoms with Crippen molar-refractivity contribution in [3.05, 3.63) is 24.5 Å². The van der Waals surface area contributed by atoms with Crippen LogP contribution < -0.4 is 10.1 Å². The molecule has 1 aromatic heterocycles. The molecule has 2 aliphatic heterocycles. The molecule has 1 N–H and O–H groups in total. The Labute approximate surface area is 148 Å². The van der Waals surface area contributed by atoms with E-state index in [1.165, 1.54) is 0 Å². The number of aromatic nitrogens is 1. The van der Waals surface area contributed by atoms with Gasteiger partial charge in [-0.1, -0.05) is 0 Å². The second-order valence-electron chi connectivity index (χ2n) is 6.74. The Hall–Kier alpha value is -1.67. The van der Waals surface area contributed by atoms with Gasteiger partial charge in [-0.2, -0.15) is 0 Å². The zero-order chi connectivity index (χ0) is 17.7. The lowest BCUT2D eigenvalue weighted by Gasteiger charge is -2.39. The van der Waals surface area contributed by atoms with Gasteiger partial charge < -0.3 is 15.0 Å². The van der Waals surface area contributed by atoms with Crippen molar-refractivity contribution in [3.63, 3.8) is 0 Å². The number of ether oxygens (including phenoxy) is 1. The van der Waals surface area contributed by atoms with Crippen molar-refractivity contribution in [2.24, 2.45) is 0 Å². The molecule has 0 spiro atoms. The number of nitrogens with zero attached hydrogens (tertiary/aromatic N) is 2. The molecule has 1 amide bonds. The van der Waals surface area contributed by atoms with E-state index in [-0.39, 0.29) is 18.6 Å². The van der Waals surface area contributed by atoms with Crippen LogP contribution in [0.4, 0.5) is 0 Å². The number of carbonyl (C=O) groups excluding carboxylic acids is 1. The molecule has 7 nitrogen and oxygen atoms in total. The first-order valence-corrected chi connectivity index (χ1v) is 10.6. The topological polar surface area (TPSA) is 88.6 Å². The fraction of sp³-hybridized carbons (Fsp3) is 0.647. The number of hydrogen-bond acceptors (Lipinski definition) is 6. The maximum absolute atomic E-state index is 12.0. The number of carbonyl (C=O) groups is 1. The van der Waals surface area contributed by atoms with Gasteiger partial charge in [-0.15, -0.1) is 0 Å². The fourth-order valence-corrected chi connectivity index (χ4v) is 4.97. The summed E-state index contributed by atoms with van der Waals surface area (Å²) in [5.74, 6) is 1.07. The largest absolute Gasteiger partial charge is 0.482 e. The highest BCUT2D eigenvalue weighted by Crippen LogP contribution is 2.22. The van der Waals surface area contributed by atoms with E-state index in [9.17, 15) is 13.2 Å². The summed E-state index contributed by atoms with van der Waals surface area (Å²) in [5.41, 5.74) is 0. The molecular formula is C17H25N3O4S. The molecule has 8 heteroatoms. The summed E-state index contributed by atoms with van der Waals surface area (Å²) in [7, 11) is -2.81. The van der Waals surface area contributed by atoms with Crippen LogP contribution in [0.3, 0.4) is 0 Å². The van der Waals surface area contributed by atoms with E-state index >= 15 is 0 Å². The first kappa shape index (κ1) is 18.1. The van der Waals surface area contributed by atoms with Crippen molar-refractivity contribution in [2.75, 3.05) is 31.2 Å². The van der Waals surface area contributed by atoms with Crippen LogP contribution in [0, 0.1) is 0 Å². The highest BCUT2D eigenvalue weighted by atomic mass is 32.2. The van der Waals surface area contributed by atoms with Crippen LogP contribution in [0.15, 0.2) is 24.5 Å². The van der Waals surface area contributed by atoms with E-state index in [4.69, 9.17) is 4.74 Å². The maximum Gasteiger partial charge on any atom is 0.258 e. The van der Waals surface area contributed by atoms with Crippen LogP contribution in [0.2, 0.25) is 0 Å². The predicted molar refractivity (Wildman–Crippen MR) is 94.1 cm³/mol. The molecule has 138 valence electrons. The van der Waals surface area contributed by atoms with Gasteiger partial charge in [-0.3, -0.25) is 9.78 Å². The van der Waals surface area contributed by atoms with E-state index in [1.807, 2.05) is 0 Å². The van der Waals surface area contributed by atoms with Crippen LogP contribution in [-0.4, -0.2) is 67.5 Å². The van der Waals surface area contributed by atoms with E-state index < -0.39 is 9.84 Å². The zero-order valence-corrected chi connectivity index (χ0v) is 15.1. The molecule has 0 bridgehead atoms. The number of sulfone groups is 1. The van der Waals surface area contributed by atoms with E-state index in [0.29, 0.717) is 23.3 Å². The minimum Gasteiger partial charge on any atom is -0.482 e. The quantitative estimate of drug-likeness (QED) is 0.821. The van der Waals surface area contributed by atoms with Gasteiger partial charge in [0.05, 0.1) is 17.7 Å². The van der Waals surface area contributed by atoms with Gasteiger partial charge in [0.15, 0.2) is 6.61 Å². The van der Waals surface area contributed by atoms with Crippen molar-refractivity contribution in [1.82, 2.24) is 15.2 Å². The molecule has 25 heavy (non-hydrogen) atoms. The summed E-state index contributed by atoms with van der Waals surface area (Å²) in [6.07, 6.45) is 6.49. The third-order valence-corrected chi connectivity index (χ3v) is 6.65. The Bertz CT molecular complexity index is 658. The Morgan fingerprint density at radius 2 is 1.96 bits per heavy atom. The van der Waals surface area contributed by atoms with E-state index in [1.54, 1.807) is 24.5 Å². The minimum absolute atomic E-state index is 0.00755. The maximum atomic E-state index is 12.0. The van der Waals surface area contributed by atoms with Gasteiger partial charge in [0, 0.05) is 31.4 Å². The van der Waals surface area contributed by atoms with Gasteiger partial charge >= 0.3 is 0 Å². The van der Waals surface area contributed by atoms with Gasteiger partial charge in [0.1, 0.15) is 15.6 Å². The lowest BCUT2D eigenvalue weighted by Crippen LogP contribution is -2.50. The molecule has 3 heterocycles. The molecule has 0 aromatic carbocycles. The average Bonchev–Trinajstić information content (AvgIpc) is 2.62. The first-order valence-electron chi connectivity index (χ1n) is 8.78. The average molecular weight is 367 g/mol. The number of rotatable bonds is 5. The van der Waals surface area contributed by atoms with Crippen molar-refractivity contribution in [3.8, 4) is 5.75 Å². The Kier molecular flexibility index (Phi) is 5.90. The molecule has 0 aliphatic carbocycles. The molecule has 1 aromatic rings. The Morgan fingerprint density at radius 1 is 1.24 bits per heavy atom. The smallest absolute Gasteiger partial charge is 0.258 e. The summed E-state index contributed by atoms with van der Waals surface area (Å²) >= 11 is 0. The second-order valence-corrected chi connectivity index (χ2v) is 9.04. The third kappa shape index (κ3) is 5.40. The van der Waals surface area contributed by atoms with E-state index in [0.717, 1.165) is 38.8 Å². The number of hydrogen-bond donors (Lipinski definition) is 1. The van der Waals surface area contributed by atoms with Crippen LogP contribution in [0.25, 0.3) is 0 Å². The van der Waals surface area contributed by atoms with E-state index in [2.05, 4.69) is 15.2 Å². The first-order chi connectivity index (χ1) is 12.0. The second kappa shape index (κ2) is 8.14. The van der Waals surface area contributed by atoms with Crippen molar-refractivity contribution < 1.29 is 17.9 Å². The summed E-state index contributed by atoms with van der Waals surface area (Å²) < 4.78 is 28.5. The number of piperidine rings is 1. The normalized spacial score (nSPS) is 22.4. The highest BCUT2D eigenvalue weighted by molar-refractivity contribution is 7.91. The number of likely N-dealkylation sites (tertiary alicyclic amines) is 1. The van der Waals surface area contributed by atoms with Gasteiger partial charge in [0.25, 0.3) is 5.91 Å². The van der Waals surface area contributed by atoms with Crippen LogP contribution >= 0.6 is 0 Å². The molecule has 2 fully saturated rings. The van der Waals surface area contributed by atoms with Gasteiger partial charge in [-0.25, -0.2) is 8.42 Å². The molecule has 3 rings (SSSR count). The molecule has 0 radical (unpaired) electrons. The SMILES string of the molecule is O=C(COc1cccnc1)NC1CCN(C2CCS(=O)(=O)CC2)CC1. The lowest BCUT2D eigenvalue weighted by atomic mass is 10.0. The molecular weight excluding hydrogens is 342 g/mol. The summed E-state index contributed by atoms with van der Waals surface area (Å²) in [6, 6.07) is 4.06.